The van der Waals surface area contributed by atoms with Crippen molar-refractivity contribution in [3.63, 3.8) is 0 Å². The molecule has 0 aliphatic rings. The molecule has 2 heterocycles. The van der Waals surface area contributed by atoms with Crippen LogP contribution in [0.25, 0.3) is 22.0 Å². The first kappa shape index (κ1) is 18.7. The van der Waals surface area contributed by atoms with Crippen LogP contribution in [0.1, 0.15) is 0 Å². The minimum Gasteiger partial charge on any atom is -0.467 e. The van der Waals surface area contributed by atoms with Crippen LogP contribution in [0.15, 0.2) is 66.0 Å². The van der Waals surface area contributed by atoms with E-state index in [4.69, 9.17) is 9.88 Å². The number of hydrogen-bond acceptors (Lipinski definition) is 8. The van der Waals surface area contributed by atoms with Gasteiger partial charge in [0.25, 0.3) is 0 Å². The zero-order chi connectivity index (χ0) is 20.4. The fourth-order valence-corrected chi connectivity index (χ4v) is 3.21. The number of fused-ring (bicyclic) bond motifs is 1. The molecule has 0 saturated carbocycles. The maximum Gasteiger partial charge on any atom is 0.316 e. The third kappa shape index (κ3) is 4.13. The summed E-state index contributed by atoms with van der Waals surface area (Å²) in [6.07, 6.45) is 5.07. The normalized spacial score (nSPS) is 11.4. The number of nitrogens with two attached hydrogens (primary N) is 1. The average Bonchev–Trinajstić information content (AvgIpc) is 2.73. The summed E-state index contributed by atoms with van der Waals surface area (Å²) >= 11 is 0. The Morgan fingerprint density at radius 1 is 0.931 bits per heavy atom. The van der Waals surface area contributed by atoms with Gasteiger partial charge in [0, 0.05) is 35.2 Å². The van der Waals surface area contributed by atoms with Gasteiger partial charge in [0.1, 0.15) is 0 Å². The first-order valence-corrected chi connectivity index (χ1v) is 10.00. The fraction of sp³-hybridized carbons (Fsp3) is 0.0526. The van der Waals surface area contributed by atoms with Crippen molar-refractivity contribution in [2.75, 3.05) is 12.4 Å². The van der Waals surface area contributed by atoms with Gasteiger partial charge in [-0.1, -0.05) is 12.1 Å². The van der Waals surface area contributed by atoms with E-state index in [-0.39, 0.29) is 4.90 Å². The van der Waals surface area contributed by atoms with Gasteiger partial charge >= 0.3 is 6.01 Å². The van der Waals surface area contributed by atoms with Crippen LogP contribution in [0.5, 0.6) is 6.01 Å². The second-order valence-electron chi connectivity index (χ2n) is 6.12. The lowest BCUT2D eigenvalue weighted by molar-refractivity contribution is 0.380. The van der Waals surface area contributed by atoms with Gasteiger partial charge in [-0.15, -0.1) is 0 Å². The molecular formula is C19H16N6O3S. The standard InChI is InChI=1S/C19H16N6O3S/c1-28-19-22-10-14(11-23-19)12-2-3-13-9-21-18(25-17(13)8-12)24-15-4-6-16(7-5-15)29(20,26)27/h2-11H,1H3,(H2,20,26,27)(H,21,24,25). The summed E-state index contributed by atoms with van der Waals surface area (Å²) in [6, 6.07) is 12.1. The topological polar surface area (TPSA) is 133 Å². The van der Waals surface area contributed by atoms with E-state index < -0.39 is 10.0 Å². The SMILES string of the molecule is COc1ncc(-c2ccc3cnc(Nc4ccc(S(N)(=O)=O)cc4)nc3c2)cn1. The van der Waals surface area contributed by atoms with Crippen molar-refractivity contribution in [2.24, 2.45) is 5.14 Å². The first-order chi connectivity index (χ1) is 13.9. The Morgan fingerprint density at radius 3 is 2.31 bits per heavy atom. The van der Waals surface area contributed by atoms with Crippen LogP contribution in [0.3, 0.4) is 0 Å². The lowest BCUT2D eigenvalue weighted by Crippen LogP contribution is -2.11. The largest absolute Gasteiger partial charge is 0.467 e. The molecule has 0 radical (unpaired) electrons. The molecule has 0 saturated heterocycles. The Hall–Kier alpha value is -3.63. The predicted molar refractivity (Wildman–Crippen MR) is 108 cm³/mol. The van der Waals surface area contributed by atoms with E-state index in [1.807, 2.05) is 18.2 Å². The summed E-state index contributed by atoms with van der Waals surface area (Å²) in [5.74, 6) is 0.379. The van der Waals surface area contributed by atoms with Crippen molar-refractivity contribution < 1.29 is 13.2 Å². The Balaban J connectivity index is 1.62. The number of anilines is 2. The molecule has 4 aromatic rings. The molecule has 0 atom stereocenters. The number of benzene rings is 2. The molecule has 0 fully saturated rings. The highest BCUT2D eigenvalue weighted by molar-refractivity contribution is 7.89. The summed E-state index contributed by atoms with van der Waals surface area (Å²) in [6.45, 7) is 0. The van der Waals surface area contributed by atoms with Crippen LogP contribution in [0.4, 0.5) is 11.6 Å². The van der Waals surface area contributed by atoms with E-state index in [0.717, 1.165) is 22.0 Å². The molecule has 10 heteroatoms. The molecule has 0 spiro atoms. The maximum atomic E-state index is 11.4. The number of primary sulfonamides is 1. The third-order valence-corrected chi connectivity index (χ3v) is 5.09. The first-order valence-electron chi connectivity index (χ1n) is 8.45. The van der Waals surface area contributed by atoms with Crippen molar-refractivity contribution >= 4 is 32.6 Å². The summed E-state index contributed by atoms with van der Waals surface area (Å²) < 4.78 is 27.7. The number of rotatable bonds is 5. The molecule has 9 nitrogen and oxygen atoms in total. The molecule has 2 aromatic heterocycles. The van der Waals surface area contributed by atoms with Gasteiger partial charge < -0.3 is 10.1 Å². The number of methoxy groups -OCH3 is 1. The Morgan fingerprint density at radius 2 is 1.66 bits per heavy atom. The van der Waals surface area contributed by atoms with Crippen LogP contribution in [-0.2, 0) is 10.0 Å². The molecule has 0 amide bonds. The second-order valence-corrected chi connectivity index (χ2v) is 7.68. The number of hydrogen-bond donors (Lipinski definition) is 2. The number of sulfonamides is 1. The summed E-state index contributed by atoms with van der Waals surface area (Å²) in [4.78, 5) is 17.1. The molecule has 4 rings (SSSR count). The molecule has 29 heavy (non-hydrogen) atoms. The van der Waals surface area contributed by atoms with Crippen LogP contribution in [0.2, 0.25) is 0 Å². The summed E-state index contributed by atoms with van der Waals surface area (Å²) in [7, 11) is -2.22. The Bertz CT molecular complexity index is 1280. The van der Waals surface area contributed by atoms with E-state index in [0.29, 0.717) is 17.6 Å². The Labute approximate surface area is 166 Å². The molecule has 0 aliphatic carbocycles. The Kier molecular flexibility index (Phi) is 4.79. The van der Waals surface area contributed by atoms with Gasteiger partial charge in [0.15, 0.2) is 0 Å². The maximum absolute atomic E-state index is 11.4. The highest BCUT2D eigenvalue weighted by Crippen LogP contribution is 2.24. The van der Waals surface area contributed by atoms with Gasteiger partial charge in [0.05, 0.1) is 17.5 Å². The molecule has 3 N–H and O–H groups in total. The van der Waals surface area contributed by atoms with E-state index >= 15 is 0 Å². The van der Waals surface area contributed by atoms with Crippen LogP contribution in [0, 0.1) is 0 Å². The van der Waals surface area contributed by atoms with E-state index in [9.17, 15) is 8.42 Å². The minimum atomic E-state index is -3.73. The van der Waals surface area contributed by atoms with E-state index in [1.54, 1.807) is 30.7 Å². The summed E-state index contributed by atoms with van der Waals surface area (Å²) in [5.41, 5.74) is 3.11. The highest BCUT2D eigenvalue weighted by atomic mass is 32.2. The van der Waals surface area contributed by atoms with Crippen molar-refractivity contribution in [3.05, 3.63) is 61.1 Å². The van der Waals surface area contributed by atoms with Gasteiger partial charge in [-0.2, -0.15) is 0 Å². The van der Waals surface area contributed by atoms with E-state index in [1.165, 1.54) is 19.2 Å². The van der Waals surface area contributed by atoms with Crippen molar-refractivity contribution in [1.82, 2.24) is 19.9 Å². The van der Waals surface area contributed by atoms with Crippen molar-refractivity contribution in [3.8, 4) is 17.1 Å². The zero-order valence-corrected chi connectivity index (χ0v) is 16.1. The molecule has 146 valence electrons. The second kappa shape index (κ2) is 7.41. The van der Waals surface area contributed by atoms with Crippen LogP contribution >= 0.6 is 0 Å². The fourth-order valence-electron chi connectivity index (χ4n) is 2.69. The predicted octanol–water partition coefficient (Wildman–Crippen LogP) is 2.49. The number of ether oxygens (including phenoxy) is 1. The minimum absolute atomic E-state index is 0.0360. The average molecular weight is 408 g/mol. The van der Waals surface area contributed by atoms with Gasteiger partial charge in [-0.05, 0) is 35.9 Å². The van der Waals surface area contributed by atoms with Crippen molar-refractivity contribution in [1.29, 1.82) is 0 Å². The van der Waals surface area contributed by atoms with Gasteiger partial charge in [-0.25, -0.2) is 33.5 Å². The van der Waals surface area contributed by atoms with Crippen LogP contribution in [-0.4, -0.2) is 35.5 Å². The quantitative estimate of drug-likeness (QED) is 0.514. The third-order valence-electron chi connectivity index (χ3n) is 4.17. The zero-order valence-electron chi connectivity index (χ0n) is 15.3. The van der Waals surface area contributed by atoms with E-state index in [2.05, 4.69) is 25.3 Å². The van der Waals surface area contributed by atoms with Crippen molar-refractivity contribution in [2.45, 2.75) is 4.90 Å². The molecular weight excluding hydrogens is 392 g/mol. The smallest absolute Gasteiger partial charge is 0.316 e. The number of aromatic nitrogens is 4. The molecule has 0 unspecified atom stereocenters. The van der Waals surface area contributed by atoms with Gasteiger partial charge in [-0.3, -0.25) is 0 Å². The summed E-state index contributed by atoms with van der Waals surface area (Å²) in [5, 5.41) is 9.03. The monoisotopic (exact) mass is 408 g/mol. The molecule has 0 bridgehead atoms. The van der Waals surface area contributed by atoms with Gasteiger partial charge in [0.2, 0.25) is 16.0 Å². The van der Waals surface area contributed by atoms with Crippen LogP contribution < -0.4 is 15.2 Å². The number of nitrogens with one attached hydrogen (secondary N) is 1. The molecule has 2 aromatic carbocycles. The highest BCUT2D eigenvalue weighted by Gasteiger charge is 2.08. The lowest BCUT2D eigenvalue weighted by atomic mass is 10.1. The molecule has 0 aliphatic heterocycles. The lowest BCUT2D eigenvalue weighted by Gasteiger charge is -2.08. The number of nitrogens with zero attached hydrogens (tertiary/aromatic N) is 4.